The molecule has 0 spiro atoms. The fourth-order valence-electron chi connectivity index (χ4n) is 1.92. The van der Waals surface area contributed by atoms with Gasteiger partial charge in [-0.1, -0.05) is 25.1 Å². The number of nitrogens with zero attached hydrogens (tertiary/aromatic N) is 1. The highest BCUT2D eigenvalue weighted by molar-refractivity contribution is 5.67. The summed E-state index contributed by atoms with van der Waals surface area (Å²) in [5.41, 5.74) is 2.38. The first-order valence-corrected chi connectivity index (χ1v) is 5.49. The van der Waals surface area contributed by atoms with Gasteiger partial charge in [-0.05, 0) is 24.5 Å². The van der Waals surface area contributed by atoms with E-state index in [1.165, 1.54) is 11.3 Å². The minimum absolute atomic E-state index is 0.155. The van der Waals surface area contributed by atoms with E-state index in [4.69, 9.17) is 5.11 Å². The van der Waals surface area contributed by atoms with Crippen LogP contribution in [0.1, 0.15) is 18.9 Å². The quantitative estimate of drug-likeness (QED) is 0.830. The number of hydrogen-bond donors (Lipinski definition) is 1. The average molecular weight is 221 g/mol. The van der Waals surface area contributed by atoms with E-state index in [1.54, 1.807) is 0 Å². The maximum atomic E-state index is 10.6. The van der Waals surface area contributed by atoms with Gasteiger partial charge < -0.3 is 10.0 Å². The summed E-state index contributed by atoms with van der Waals surface area (Å²) in [5.74, 6) is -0.576. The van der Waals surface area contributed by atoms with Gasteiger partial charge in [-0.2, -0.15) is 0 Å². The van der Waals surface area contributed by atoms with E-state index in [1.807, 2.05) is 26.1 Å². The lowest BCUT2D eigenvalue weighted by Gasteiger charge is -2.24. The number of rotatable bonds is 5. The monoisotopic (exact) mass is 221 g/mol. The molecule has 0 aliphatic rings. The molecule has 3 nitrogen and oxygen atoms in total. The Labute approximate surface area is 96.7 Å². The van der Waals surface area contributed by atoms with Gasteiger partial charge in [0.1, 0.15) is 0 Å². The lowest BCUT2D eigenvalue weighted by molar-refractivity contribution is -0.137. The van der Waals surface area contributed by atoms with Gasteiger partial charge in [-0.15, -0.1) is 0 Å². The van der Waals surface area contributed by atoms with Crippen molar-refractivity contribution in [2.75, 3.05) is 18.5 Å². The maximum Gasteiger partial charge on any atom is 0.303 e. The van der Waals surface area contributed by atoms with Crippen molar-refractivity contribution in [1.29, 1.82) is 0 Å². The summed E-state index contributed by atoms with van der Waals surface area (Å²) in [6.07, 6.45) is 0.218. The number of carboxylic acid groups (broad SMARTS) is 1. The third-order valence-electron chi connectivity index (χ3n) is 2.64. The van der Waals surface area contributed by atoms with E-state index in [0.29, 0.717) is 0 Å². The zero-order chi connectivity index (χ0) is 12.1. The van der Waals surface area contributed by atoms with Crippen LogP contribution in [0.25, 0.3) is 0 Å². The van der Waals surface area contributed by atoms with Crippen molar-refractivity contribution in [2.24, 2.45) is 5.92 Å². The van der Waals surface area contributed by atoms with Crippen molar-refractivity contribution in [3.8, 4) is 0 Å². The molecule has 16 heavy (non-hydrogen) atoms. The Bertz CT molecular complexity index is 363. The first-order chi connectivity index (χ1) is 7.50. The van der Waals surface area contributed by atoms with Crippen LogP contribution in [0.15, 0.2) is 24.3 Å². The molecule has 0 aliphatic carbocycles. The Balaban J connectivity index is 2.62. The Morgan fingerprint density at radius 3 is 2.62 bits per heavy atom. The number of hydrogen-bond acceptors (Lipinski definition) is 2. The number of para-hydroxylation sites is 1. The molecule has 0 aliphatic heterocycles. The third kappa shape index (κ3) is 3.57. The van der Waals surface area contributed by atoms with Gasteiger partial charge in [0.05, 0.1) is 0 Å². The number of anilines is 1. The number of carboxylic acids is 1. The zero-order valence-corrected chi connectivity index (χ0v) is 10.1. The molecule has 1 aromatic rings. The molecule has 0 bridgehead atoms. The largest absolute Gasteiger partial charge is 0.481 e. The van der Waals surface area contributed by atoms with Gasteiger partial charge in [0.15, 0.2) is 0 Å². The molecule has 88 valence electrons. The second-order valence-electron chi connectivity index (χ2n) is 4.37. The molecule has 0 saturated heterocycles. The molecular formula is C13H19NO2. The van der Waals surface area contributed by atoms with E-state index in [-0.39, 0.29) is 12.3 Å². The summed E-state index contributed by atoms with van der Waals surface area (Å²) in [6, 6.07) is 8.13. The van der Waals surface area contributed by atoms with E-state index < -0.39 is 5.97 Å². The highest BCUT2D eigenvalue weighted by atomic mass is 16.4. The average Bonchev–Trinajstić information content (AvgIpc) is 2.16. The molecule has 0 amide bonds. The topological polar surface area (TPSA) is 40.5 Å². The normalized spacial score (nSPS) is 12.2. The predicted molar refractivity (Wildman–Crippen MR) is 65.9 cm³/mol. The van der Waals surface area contributed by atoms with Crippen LogP contribution in [0.2, 0.25) is 0 Å². The van der Waals surface area contributed by atoms with Crippen LogP contribution >= 0.6 is 0 Å². The molecule has 1 atom stereocenters. The van der Waals surface area contributed by atoms with Crippen LogP contribution in [0.4, 0.5) is 5.69 Å². The summed E-state index contributed by atoms with van der Waals surface area (Å²) in [7, 11) is 2.00. The third-order valence-corrected chi connectivity index (χ3v) is 2.64. The van der Waals surface area contributed by atoms with Crippen molar-refractivity contribution in [3.63, 3.8) is 0 Å². The van der Waals surface area contributed by atoms with E-state index >= 15 is 0 Å². The van der Waals surface area contributed by atoms with Crippen LogP contribution in [0.5, 0.6) is 0 Å². The van der Waals surface area contributed by atoms with Crippen LogP contribution in [0.3, 0.4) is 0 Å². The summed E-state index contributed by atoms with van der Waals surface area (Å²) in [4.78, 5) is 12.7. The van der Waals surface area contributed by atoms with Crippen LogP contribution < -0.4 is 4.90 Å². The van der Waals surface area contributed by atoms with Crippen LogP contribution in [-0.4, -0.2) is 24.7 Å². The summed E-state index contributed by atoms with van der Waals surface area (Å²) < 4.78 is 0. The Morgan fingerprint density at radius 1 is 1.44 bits per heavy atom. The molecule has 1 unspecified atom stereocenters. The Hall–Kier alpha value is -1.51. The van der Waals surface area contributed by atoms with Crippen LogP contribution in [0, 0.1) is 12.8 Å². The second kappa shape index (κ2) is 5.54. The molecule has 1 N–H and O–H groups in total. The number of aliphatic carboxylic acids is 1. The number of carbonyl (C=O) groups is 1. The van der Waals surface area contributed by atoms with E-state index in [0.717, 1.165) is 6.54 Å². The zero-order valence-electron chi connectivity index (χ0n) is 10.1. The molecule has 0 saturated carbocycles. The standard InChI is InChI=1S/C13H19NO2/c1-10(8-13(15)16)9-14(3)12-7-5-4-6-11(12)2/h4-7,10H,8-9H2,1-3H3,(H,15,16). The van der Waals surface area contributed by atoms with Crippen molar-refractivity contribution < 1.29 is 9.90 Å². The van der Waals surface area contributed by atoms with Crippen molar-refractivity contribution in [3.05, 3.63) is 29.8 Å². The molecule has 0 radical (unpaired) electrons. The Morgan fingerprint density at radius 2 is 2.06 bits per heavy atom. The maximum absolute atomic E-state index is 10.6. The van der Waals surface area contributed by atoms with E-state index in [9.17, 15) is 4.79 Å². The lowest BCUT2D eigenvalue weighted by Crippen LogP contribution is -2.25. The van der Waals surface area contributed by atoms with E-state index in [2.05, 4.69) is 24.0 Å². The lowest BCUT2D eigenvalue weighted by atomic mass is 10.1. The molecular weight excluding hydrogens is 202 g/mol. The summed E-state index contributed by atoms with van der Waals surface area (Å²) in [6.45, 7) is 4.79. The molecule has 1 aromatic carbocycles. The highest BCUT2D eigenvalue weighted by Gasteiger charge is 2.11. The van der Waals surface area contributed by atoms with Crippen molar-refractivity contribution in [2.45, 2.75) is 20.3 Å². The van der Waals surface area contributed by atoms with Gasteiger partial charge in [-0.25, -0.2) is 0 Å². The Kier molecular flexibility index (Phi) is 4.35. The van der Waals surface area contributed by atoms with Crippen molar-refractivity contribution in [1.82, 2.24) is 0 Å². The fourth-order valence-corrected chi connectivity index (χ4v) is 1.92. The first kappa shape index (κ1) is 12.6. The molecule has 3 heteroatoms. The van der Waals surface area contributed by atoms with Gasteiger partial charge >= 0.3 is 5.97 Å². The van der Waals surface area contributed by atoms with Gasteiger partial charge in [-0.3, -0.25) is 4.79 Å². The van der Waals surface area contributed by atoms with Gasteiger partial charge in [0.2, 0.25) is 0 Å². The predicted octanol–water partition coefficient (Wildman–Crippen LogP) is 2.54. The van der Waals surface area contributed by atoms with Gasteiger partial charge in [0.25, 0.3) is 0 Å². The number of aryl methyl sites for hydroxylation is 1. The molecule has 0 fully saturated rings. The van der Waals surface area contributed by atoms with Gasteiger partial charge in [0, 0.05) is 25.7 Å². The number of benzene rings is 1. The highest BCUT2D eigenvalue weighted by Crippen LogP contribution is 2.19. The first-order valence-electron chi connectivity index (χ1n) is 5.49. The molecule has 1 rings (SSSR count). The minimum atomic E-state index is -0.731. The molecule has 0 heterocycles. The van der Waals surface area contributed by atoms with Crippen molar-refractivity contribution >= 4 is 11.7 Å². The summed E-state index contributed by atoms with van der Waals surface area (Å²) in [5, 5.41) is 8.70. The summed E-state index contributed by atoms with van der Waals surface area (Å²) >= 11 is 0. The minimum Gasteiger partial charge on any atom is -0.481 e. The SMILES string of the molecule is Cc1ccccc1N(C)CC(C)CC(=O)O. The fraction of sp³-hybridized carbons (Fsp3) is 0.462. The second-order valence-corrected chi connectivity index (χ2v) is 4.37. The van der Waals surface area contributed by atoms with Crippen LogP contribution in [-0.2, 0) is 4.79 Å². The smallest absolute Gasteiger partial charge is 0.303 e. The molecule has 0 aromatic heterocycles.